The van der Waals surface area contributed by atoms with Gasteiger partial charge in [-0.3, -0.25) is 0 Å². The molecule has 0 radical (unpaired) electrons. The summed E-state index contributed by atoms with van der Waals surface area (Å²) >= 11 is 5.15. The van der Waals surface area contributed by atoms with Gasteiger partial charge in [0, 0.05) is 11.5 Å². The highest BCUT2D eigenvalue weighted by molar-refractivity contribution is 9.11. The molecule has 0 atom stereocenters. The van der Waals surface area contributed by atoms with E-state index in [1.54, 1.807) is 11.3 Å². The molecule has 0 aromatic carbocycles. The maximum absolute atomic E-state index is 5.78. The van der Waals surface area contributed by atoms with E-state index in [0.29, 0.717) is 12.5 Å². The van der Waals surface area contributed by atoms with Crippen molar-refractivity contribution >= 4 is 27.3 Å². The lowest BCUT2D eigenvalue weighted by molar-refractivity contribution is -0.224. The summed E-state index contributed by atoms with van der Waals surface area (Å²) in [4.78, 5) is 1.06. The van der Waals surface area contributed by atoms with E-state index in [-0.39, 0.29) is 11.7 Å². The minimum atomic E-state index is -0.259. The Balaban J connectivity index is 2.00. The first-order valence-corrected chi connectivity index (χ1v) is 8.13. The molecule has 2 rings (SSSR count). The van der Waals surface area contributed by atoms with Gasteiger partial charge in [0.1, 0.15) is 9.54 Å². The zero-order chi connectivity index (χ0) is 14.0. The minimum Gasteiger partial charge on any atom is -0.491 e. The molecule has 1 aromatic rings. The number of halogens is 1. The van der Waals surface area contributed by atoms with E-state index in [9.17, 15) is 0 Å². The zero-order valence-electron chi connectivity index (χ0n) is 11.9. The number of thiophene rings is 1. The molecule has 1 aromatic heterocycles. The number of hydrogen-bond acceptors (Lipinski definition) is 4. The lowest BCUT2D eigenvalue weighted by atomic mass is 9.96. The predicted octanol–water partition coefficient (Wildman–Crippen LogP) is 4.62. The third kappa shape index (κ3) is 4.18. The van der Waals surface area contributed by atoms with E-state index in [1.807, 2.05) is 6.07 Å². The molecule has 1 aliphatic heterocycles. The summed E-state index contributed by atoms with van der Waals surface area (Å²) in [5.74, 6) is 1.39. The van der Waals surface area contributed by atoms with Gasteiger partial charge in [-0.1, -0.05) is 27.7 Å². The van der Waals surface area contributed by atoms with E-state index in [1.165, 1.54) is 0 Å². The average molecular weight is 349 g/mol. The van der Waals surface area contributed by atoms with Gasteiger partial charge in [0.2, 0.25) is 0 Å². The first kappa shape index (κ1) is 15.3. The molecule has 0 spiro atoms. The third-order valence-corrected chi connectivity index (χ3v) is 4.53. The molecular formula is C14H21BrO3S. The van der Waals surface area contributed by atoms with Crippen LogP contribution in [-0.4, -0.2) is 19.8 Å². The molecule has 0 bridgehead atoms. The molecule has 3 nitrogen and oxygen atoms in total. The van der Waals surface area contributed by atoms with E-state index in [4.69, 9.17) is 14.2 Å². The van der Waals surface area contributed by atoms with Crippen molar-refractivity contribution in [2.45, 2.75) is 34.0 Å². The van der Waals surface area contributed by atoms with Crippen LogP contribution < -0.4 is 4.74 Å². The van der Waals surface area contributed by atoms with Crippen molar-refractivity contribution in [1.82, 2.24) is 0 Å². The second-order valence-corrected chi connectivity index (χ2v) is 8.51. The van der Waals surface area contributed by atoms with E-state index in [2.05, 4.69) is 43.6 Å². The molecule has 0 amide bonds. The lowest BCUT2D eigenvalue weighted by Crippen LogP contribution is -2.33. The Labute approximate surface area is 127 Å². The van der Waals surface area contributed by atoms with Crippen LogP contribution in [0.5, 0.6) is 5.75 Å². The maximum atomic E-state index is 5.78. The highest BCUT2D eigenvalue weighted by Crippen LogP contribution is 2.41. The number of ether oxygens (including phenoxy) is 3. The van der Waals surface area contributed by atoms with Gasteiger partial charge in [0.05, 0.1) is 24.7 Å². The highest BCUT2D eigenvalue weighted by Gasteiger charge is 2.30. The average Bonchev–Trinajstić information content (AvgIpc) is 2.68. The summed E-state index contributed by atoms with van der Waals surface area (Å²) in [5, 5.41) is 0. The minimum absolute atomic E-state index is 0.0992. The molecule has 19 heavy (non-hydrogen) atoms. The quantitative estimate of drug-likeness (QED) is 0.794. The molecule has 0 N–H and O–H groups in total. The smallest absolute Gasteiger partial charge is 0.193 e. The van der Waals surface area contributed by atoms with Gasteiger partial charge in [-0.15, -0.1) is 11.3 Å². The standard InChI is InChI=1S/C14H21BrO3S/c1-9(2)6-16-10-5-11(19-12(10)15)13-17-7-14(3,4)8-18-13/h5,9,13H,6-8H2,1-4H3. The first-order valence-electron chi connectivity index (χ1n) is 6.52. The van der Waals surface area contributed by atoms with Crippen LogP contribution in [0, 0.1) is 11.3 Å². The monoisotopic (exact) mass is 348 g/mol. The molecule has 5 heteroatoms. The summed E-state index contributed by atoms with van der Waals surface area (Å²) in [6.07, 6.45) is -0.259. The molecular weight excluding hydrogens is 328 g/mol. The van der Waals surface area contributed by atoms with Crippen molar-refractivity contribution in [1.29, 1.82) is 0 Å². The van der Waals surface area contributed by atoms with Crippen LogP contribution in [0.15, 0.2) is 9.85 Å². The van der Waals surface area contributed by atoms with Crippen molar-refractivity contribution < 1.29 is 14.2 Å². The second-order valence-electron chi connectivity index (χ2n) is 6.11. The van der Waals surface area contributed by atoms with Crippen LogP contribution in [0.2, 0.25) is 0 Å². The topological polar surface area (TPSA) is 27.7 Å². The highest BCUT2D eigenvalue weighted by atomic mass is 79.9. The van der Waals surface area contributed by atoms with Gasteiger partial charge in [-0.25, -0.2) is 0 Å². The normalized spacial score (nSPS) is 19.9. The largest absolute Gasteiger partial charge is 0.491 e. The van der Waals surface area contributed by atoms with Crippen molar-refractivity contribution in [3.8, 4) is 5.75 Å². The van der Waals surface area contributed by atoms with Crippen molar-refractivity contribution in [3.63, 3.8) is 0 Å². The van der Waals surface area contributed by atoms with Crippen molar-refractivity contribution in [2.75, 3.05) is 19.8 Å². The fourth-order valence-corrected chi connectivity index (χ4v) is 3.31. The Morgan fingerprint density at radius 2 is 2.05 bits per heavy atom. The predicted molar refractivity (Wildman–Crippen MR) is 80.8 cm³/mol. The summed E-state index contributed by atoms with van der Waals surface area (Å²) in [7, 11) is 0. The van der Waals surface area contributed by atoms with E-state index in [0.717, 1.165) is 27.6 Å². The van der Waals surface area contributed by atoms with E-state index >= 15 is 0 Å². The summed E-state index contributed by atoms with van der Waals surface area (Å²) in [6, 6.07) is 2.01. The Morgan fingerprint density at radius 3 is 2.63 bits per heavy atom. The van der Waals surface area contributed by atoms with Gasteiger partial charge in [0.15, 0.2) is 6.29 Å². The van der Waals surface area contributed by atoms with Crippen LogP contribution in [-0.2, 0) is 9.47 Å². The first-order chi connectivity index (χ1) is 8.87. The lowest BCUT2D eigenvalue weighted by Gasteiger charge is -2.34. The summed E-state index contributed by atoms with van der Waals surface area (Å²) in [5.41, 5.74) is 0.0992. The van der Waals surface area contributed by atoms with E-state index < -0.39 is 0 Å². The number of rotatable bonds is 4. The summed E-state index contributed by atoms with van der Waals surface area (Å²) in [6.45, 7) is 10.7. The zero-order valence-corrected chi connectivity index (χ0v) is 14.3. The van der Waals surface area contributed by atoms with Gasteiger partial charge in [-0.2, -0.15) is 0 Å². The molecule has 0 aliphatic carbocycles. The second kappa shape index (κ2) is 6.12. The van der Waals surface area contributed by atoms with Crippen LogP contribution in [0.4, 0.5) is 0 Å². The van der Waals surface area contributed by atoms with Crippen molar-refractivity contribution in [2.24, 2.45) is 11.3 Å². The SMILES string of the molecule is CC(C)COc1cc(C2OCC(C)(C)CO2)sc1Br. The Bertz CT molecular complexity index is 418. The molecule has 1 fully saturated rings. The fourth-order valence-electron chi connectivity index (χ4n) is 1.70. The molecule has 1 saturated heterocycles. The Kier molecular flexibility index (Phi) is 4.93. The molecule has 2 heterocycles. The Morgan fingerprint density at radius 1 is 1.42 bits per heavy atom. The van der Waals surface area contributed by atoms with Gasteiger partial charge in [0.25, 0.3) is 0 Å². The number of hydrogen-bond donors (Lipinski definition) is 0. The van der Waals surface area contributed by atoms with Crippen LogP contribution in [0.1, 0.15) is 38.9 Å². The van der Waals surface area contributed by atoms with Gasteiger partial charge >= 0.3 is 0 Å². The van der Waals surface area contributed by atoms with Crippen LogP contribution in [0.25, 0.3) is 0 Å². The summed E-state index contributed by atoms with van der Waals surface area (Å²) < 4.78 is 18.3. The molecule has 1 aliphatic rings. The molecule has 108 valence electrons. The van der Waals surface area contributed by atoms with Gasteiger partial charge < -0.3 is 14.2 Å². The third-order valence-electron chi connectivity index (χ3n) is 2.73. The van der Waals surface area contributed by atoms with Crippen molar-refractivity contribution in [3.05, 3.63) is 14.7 Å². The van der Waals surface area contributed by atoms with Gasteiger partial charge in [-0.05, 0) is 21.8 Å². The maximum Gasteiger partial charge on any atom is 0.193 e. The molecule has 0 saturated carbocycles. The van der Waals surface area contributed by atoms with Crippen LogP contribution >= 0.6 is 27.3 Å². The Hall–Kier alpha value is -0.100. The molecule has 0 unspecified atom stereocenters. The van der Waals surface area contributed by atoms with Crippen LogP contribution in [0.3, 0.4) is 0 Å². The fraction of sp³-hybridized carbons (Fsp3) is 0.714.